The average molecular weight is 299 g/mol. The van der Waals surface area contributed by atoms with Crippen molar-refractivity contribution in [3.05, 3.63) is 54.1 Å². The van der Waals surface area contributed by atoms with E-state index in [9.17, 15) is 0 Å². The Balaban J connectivity index is 1.84. The molecule has 0 atom stereocenters. The van der Waals surface area contributed by atoms with E-state index in [1.165, 1.54) is 24.8 Å². The third-order valence-corrected chi connectivity index (χ3v) is 3.49. The van der Waals surface area contributed by atoms with Crippen LogP contribution >= 0.6 is 0 Å². The van der Waals surface area contributed by atoms with Crippen LogP contribution in [0.2, 0.25) is 0 Å². The Labute approximate surface area is 133 Å². The summed E-state index contributed by atoms with van der Waals surface area (Å²) in [6.45, 7) is 3.24. The Morgan fingerprint density at radius 1 is 0.909 bits per heavy atom. The number of nitrogen functional groups attached to an aromatic ring is 1. The molecule has 2 N–H and O–H groups in total. The van der Waals surface area contributed by atoms with E-state index < -0.39 is 0 Å². The quantitative estimate of drug-likeness (QED) is 0.549. The SMILES string of the molecule is CCCCCc1ccc(N)cc1OCCOc1ccccc1. The summed E-state index contributed by atoms with van der Waals surface area (Å²) in [7, 11) is 0. The number of para-hydroxylation sites is 1. The fourth-order valence-electron chi connectivity index (χ4n) is 2.31. The summed E-state index contributed by atoms with van der Waals surface area (Å²) in [5.74, 6) is 1.75. The Bertz CT molecular complexity index is 555. The fourth-order valence-corrected chi connectivity index (χ4v) is 2.31. The lowest BCUT2D eigenvalue weighted by Crippen LogP contribution is -2.10. The highest BCUT2D eigenvalue weighted by Gasteiger charge is 2.05. The molecule has 0 aliphatic heterocycles. The molecule has 0 aliphatic carbocycles. The van der Waals surface area contributed by atoms with Gasteiger partial charge in [0.15, 0.2) is 0 Å². The Morgan fingerprint density at radius 2 is 1.68 bits per heavy atom. The number of benzene rings is 2. The molecule has 22 heavy (non-hydrogen) atoms. The van der Waals surface area contributed by atoms with Crippen molar-refractivity contribution in [2.75, 3.05) is 18.9 Å². The summed E-state index contributed by atoms with van der Waals surface area (Å²) in [5, 5.41) is 0. The number of nitrogens with two attached hydrogens (primary N) is 1. The van der Waals surface area contributed by atoms with Crippen LogP contribution in [-0.2, 0) is 6.42 Å². The van der Waals surface area contributed by atoms with Gasteiger partial charge in [-0.05, 0) is 36.6 Å². The second kappa shape index (κ2) is 8.98. The minimum Gasteiger partial charge on any atom is -0.490 e. The lowest BCUT2D eigenvalue weighted by atomic mass is 10.1. The minimum absolute atomic E-state index is 0.513. The van der Waals surface area contributed by atoms with Gasteiger partial charge in [-0.1, -0.05) is 44.0 Å². The molecule has 0 bridgehead atoms. The number of hydrogen-bond donors (Lipinski definition) is 1. The van der Waals surface area contributed by atoms with Crippen LogP contribution in [0.5, 0.6) is 11.5 Å². The van der Waals surface area contributed by atoms with Crippen LogP contribution < -0.4 is 15.2 Å². The van der Waals surface area contributed by atoms with E-state index in [4.69, 9.17) is 15.2 Å². The molecule has 3 nitrogen and oxygen atoms in total. The van der Waals surface area contributed by atoms with Crippen molar-refractivity contribution in [1.29, 1.82) is 0 Å². The summed E-state index contributed by atoms with van der Waals surface area (Å²) < 4.78 is 11.5. The van der Waals surface area contributed by atoms with E-state index in [1.54, 1.807) is 0 Å². The van der Waals surface area contributed by atoms with Crippen LogP contribution in [0.15, 0.2) is 48.5 Å². The normalized spacial score (nSPS) is 10.4. The molecule has 118 valence electrons. The first-order valence-electron chi connectivity index (χ1n) is 7.98. The zero-order chi connectivity index (χ0) is 15.6. The molecule has 0 unspecified atom stereocenters. The van der Waals surface area contributed by atoms with Crippen molar-refractivity contribution in [2.45, 2.75) is 32.6 Å². The number of hydrogen-bond acceptors (Lipinski definition) is 3. The summed E-state index contributed by atoms with van der Waals surface area (Å²) in [4.78, 5) is 0. The number of ether oxygens (including phenoxy) is 2. The van der Waals surface area contributed by atoms with Crippen LogP contribution in [0.3, 0.4) is 0 Å². The van der Waals surface area contributed by atoms with Gasteiger partial charge >= 0.3 is 0 Å². The van der Waals surface area contributed by atoms with Crippen LogP contribution in [0.1, 0.15) is 31.7 Å². The topological polar surface area (TPSA) is 44.5 Å². The zero-order valence-electron chi connectivity index (χ0n) is 13.3. The van der Waals surface area contributed by atoms with Crippen molar-refractivity contribution >= 4 is 5.69 Å². The zero-order valence-corrected chi connectivity index (χ0v) is 13.3. The van der Waals surface area contributed by atoms with Gasteiger partial charge in [0, 0.05) is 11.8 Å². The number of aryl methyl sites for hydroxylation is 1. The van der Waals surface area contributed by atoms with E-state index in [1.807, 2.05) is 42.5 Å². The molecule has 0 aromatic heterocycles. The van der Waals surface area contributed by atoms with E-state index in [0.29, 0.717) is 13.2 Å². The highest BCUT2D eigenvalue weighted by atomic mass is 16.5. The first-order valence-corrected chi connectivity index (χ1v) is 7.98. The maximum Gasteiger partial charge on any atom is 0.124 e. The predicted octanol–water partition coefficient (Wildman–Crippen LogP) is 4.46. The van der Waals surface area contributed by atoms with Gasteiger partial charge in [-0.25, -0.2) is 0 Å². The van der Waals surface area contributed by atoms with Gasteiger partial charge in [-0.2, -0.15) is 0 Å². The second-order valence-corrected chi connectivity index (χ2v) is 5.33. The first-order chi connectivity index (χ1) is 10.8. The van der Waals surface area contributed by atoms with E-state index in [0.717, 1.165) is 23.6 Å². The molecule has 0 saturated heterocycles. The fraction of sp³-hybridized carbons (Fsp3) is 0.368. The third kappa shape index (κ3) is 5.32. The van der Waals surface area contributed by atoms with Crippen molar-refractivity contribution in [1.82, 2.24) is 0 Å². The van der Waals surface area contributed by atoms with Crippen molar-refractivity contribution < 1.29 is 9.47 Å². The molecule has 3 heteroatoms. The number of rotatable bonds is 9. The second-order valence-electron chi connectivity index (χ2n) is 5.33. The highest BCUT2D eigenvalue weighted by molar-refractivity contribution is 5.48. The Kier molecular flexibility index (Phi) is 6.62. The van der Waals surface area contributed by atoms with Gasteiger partial charge in [-0.3, -0.25) is 0 Å². The van der Waals surface area contributed by atoms with E-state index in [-0.39, 0.29) is 0 Å². The first kappa shape index (κ1) is 16.2. The Hall–Kier alpha value is -2.16. The summed E-state index contributed by atoms with van der Waals surface area (Å²) in [6, 6.07) is 15.7. The molecular weight excluding hydrogens is 274 g/mol. The monoisotopic (exact) mass is 299 g/mol. The Morgan fingerprint density at radius 3 is 2.45 bits per heavy atom. The van der Waals surface area contributed by atoms with Gasteiger partial charge < -0.3 is 15.2 Å². The molecule has 2 rings (SSSR count). The highest BCUT2D eigenvalue weighted by Crippen LogP contribution is 2.24. The van der Waals surface area contributed by atoms with Gasteiger partial charge in [0.2, 0.25) is 0 Å². The van der Waals surface area contributed by atoms with Crippen LogP contribution in [0.25, 0.3) is 0 Å². The summed E-state index contributed by atoms with van der Waals surface area (Å²) in [5.41, 5.74) is 7.83. The molecule has 0 radical (unpaired) electrons. The maximum absolute atomic E-state index is 5.87. The van der Waals surface area contributed by atoms with Gasteiger partial charge in [-0.15, -0.1) is 0 Å². The number of unbranched alkanes of at least 4 members (excludes halogenated alkanes) is 2. The lowest BCUT2D eigenvalue weighted by Gasteiger charge is -2.13. The minimum atomic E-state index is 0.513. The molecule has 2 aromatic carbocycles. The van der Waals surface area contributed by atoms with Crippen LogP contribution in [-0.4, -0.2) is 13.2 Å². The maximum atomic E-state index is 5.87. The van der Waals surface area contributed by atoms with Crippen LogP contribution in [0.4, 0.5) is 5.69 Å². The molecule has 0 amide bonds. The largest absolute Gasteiger partial charge is 0.490 e. The molecule has 0 fully saturated rings. The van der Waals surface area contributed by atoms with Crippen LogP contribution in [0, 0.1) is 0 Å². The van der Waals surface area contributed by atoms with Gasteiger partial charge in [0.25, 0.3) is 0 Å². The molecule has 0 aliphatic rings. The molecule has 2 aromatic rings. The van der Waals surface area contributed by atoms with E-state index >= 15 is 0 Å². The smallest absolute Gasteiger partial charge is 0.124 e. The van der Waals surface area contributed by atoms with E-state index in [2.05, 4.69) is 13.0 Å². The molecule has 0 saturated carbocycles. The third-order valence-electron chi connectivity index (χ3n) is 3.49. The molecule has 0 heterocycles. The standard InChI is InChI=1S/C19H25NO2/c1-2-3-5-8-16-11-12-17(20)15-19(16)22-14-13-21-18-9-6-4-7-10-18/h4,6-7,9-12,15H,2-3,5,8,13-14,20H2,1H3. The van der Waals surface area contributed by atoms with Crippen molar-refractivity contribution in [3.8, 4) is 11.5 Å². The van der Waals surface area contributed by atoms with Crippen molar-refractivity contribution in [3.63, 3.8) is 0 Å². The summed E-state index contributed by atoms with van der Waals surface area (Å²) >= 11 is 0. The van der Waals surface area contributed by atoms with Crippen molar-refractivity contribution in [2.24, 2.45) is 0 Å². The lowest BCUT2D eigenvalue weighted by molar-refractivity contribution is 0.216. The van der Waals surface area contributed by atoms with Gasteiger partial charge in [0.1, 0.15) is 24.7 Å². The molecule has 0 spiro atoms. The molecular formula is C19H25NO2. The van der Waals surface area contributed by atoms with Gasteiger partial charge in [0.05, 0.1) is 0 Å². The predicted molar refractivity (Wildman–Crippen MR) is 91.5 cm³/mol. The summed E-state index contributed by atoms with van der Waals surface area (Å²) in [6.07, 6.45) is 4.66. The number of anilines is 1. The average Bonchev–Trinajstić information content (AvgIpc) is 2.54.